The van der Waals surface area contributed by atoms with Crippen molar-refractivity contribution in [3.05, 3.63) is 35.8 Å². The van der Waals surface area contributed by atoms with Gasteiger partial charge in [0.25, 0.3) is 0 Å². The molecule has 0 saturated carbocycles. The van der Waals surface area contributed by atoms with E-state index in [0.29, 0.717) is 11.3 Å². The highest BCUT2D eigenvalue weighted by molar-refractivity contribution is 6.11. The largest absolute Gasteiger partial charge is 0.404 e. The predicted molar refractivity (Wildman–Crippen MR) is 44.0 cm³/mol. The minimum atomic E-state index is -0.297. The summed E-state index contributed by atoms with van der Waals surface area (Å²) in [6.45, 7) is 0. The van der Waals surface area contributed by atoms with E-state index in [9.17, 15) is 4.39 Å². The van der Waals surface area contributed by atoms with E-state index in [-0.39, 0.29) is 5.83 Å². The molecule has 0 aromatic carbocycles. The van der Waals surface area contributed by atoms with Gasteiger partial charge in [0.2, 0.25) is 0 Å². The summed E-state index contributed by atoms with van der Waals surface area (Å²) in [5.41, 5.74) is 6.56. The molecule has 0 bridgehead atoms. The van der Waals surface area contributed by atoms with Gasteiger partial charge in [0.15, 0.2) is 0 Å². The first-order valence-electron chi connectivity index (χ1n) is 3.22. The topological polar surface area (TPSA) is 38.4 Å². The summed E-state index contributed by atoms with van der Waals surface area (Å²) in [7, 11) is 1.64. The van der Waals surface area contributed by atoms with Crippen LogP contribution in [-0.2, 0) is 0 Å². The van der Waals surface area contributed by atoms with Gasteiger partial charge in [-0.2, -0.15) is 0 Å². The van der Waals surface area contributed by atoms with Crippen LogP contribution in [0.15, 0.2) is 40.8 Å². The van der Waals surface area contributed by atoms with E-state index < -0.39 is 0 Å². The highest BCUT2D eigenvalue weighted by atomic mass is 19.1. The number of halogens is 1. The van der Waals surface area contributed by atoms with Gasteiger partial charge in [-0.3, -0.25) is 4.99 Å². The van der Waals surface area contributed by atoms with Gasteiger partial charge in [0.05, 0.1) is 5.71 Å². The molecule has 58 valence electrons. The molecule has 0 unspecified atom stereocenters. The Morgan fingerprint density at radius 2 is 2.27 bits per heavy atom. The van der Waals surface area contributed by atoms with Crippen molar-refractivity contribution in [3.8, 4) is 0 Å². The average molecular weight is 152 g/mol. The van der Waals surface area contributed by atoms with E-state index in [1.165, 1.54) is 18.4 Å². The zero-order chi connectivity index (χ0) is 8.27. The number of hydrogen-bond donors (Lipinski definition) is 1. The Kier molecular flexibility index (Phi) is 2.21. The molecule has 0 aromatic rings. The van der Waals surface area contributed by atoms with Gasteiger partial charge in [-0.25, -0.2) is 4.39 Å². The monoisotopic (exact) mass is 152 g/mol. The second-order valence-electron chi connectivity index (χ2n) is 2.09. The SMILES string of the molecule is C/N=C1/C=CC(F)=C/C1=C/N. The van der Waals surface area contributed by atoms with Gasteiger partial charge in [-0.05, 0) is 18.2 Å². The minimum absolute atomic E-state index is 0.297. The first-order chi connectivity index (χ1) is 5.27. The molecule has 0 amide bonds. The zero-order valence-electron chi connectivity index (χ0n) is 6.21. The summed E-state index contributed by atoms with van der Waals surface area (Å²) < 4.78 is 12.6. The van der Waals surface area contributed by atoms with E-state index in [1.807, 2.05) is 0 Å². The van der Waals surface area contributed by atoms with Crippen LogP contribution in [0.4, 0.5) is 4.39 Å². The Labute approximate surface area is 64.6 Å². The second kappa shape index (κ2) is 3.14. The Bertz CT molecular complexity index is 272. The molecule has 0 aliphatic heterocycles. The van der Waals surface area contributed by atoms with Crippen molar-refractivity contribution in [1.82, 2.24) is 0 Å². The first kappa shape index (κ1) is 7.72. The average Bonchev–Trinajstić information content (AvgIpc) is 2.04. The molecule has 0 spiro atoms. The molecular weight excluding hydrogens is 143 g/mol. The number of nitrogens with zero attached hydrogens (tertiary/aromatic N) is 1. The van der Waals surface area contributed by atoms with Crippen LogP contribution < -0.4 is 5.73 Å². The van der Waals surface area contributed by atoms with Crippen LogP contribution in [0.2, 0.25) is 0 Å². The van der Waals surface area contributed by atoms with Crippen LogP contribution in [0.3, 0.4) is 0 Å². The maximum Gasteiger partial charge on any atom is 0.124 e. The normalized spacial score (nSPS) is 24.4. The third kappa shape index (κ3) is 1.55. The van der Waals surface area contributed by atoms with Gasteiger partial charge in [-0.1, -0.05) is 0 Å². The Hall–Kier alpha value is -1.38. The van der Waals surface area contributed by atoms with Crippen molar-refractivity contribution in [3.63, 3.8) is 0 Å². The van der Waals surface area contributed by atoms with E-state index in [2.05, 4.69) is 4.99 Å². The fourth-order valence-electron chi connectivity index (χ4n) is 0.863. The van der Waals surface area contributed by atoms with Crippen molar-refractivity contribution < 1.29 is 4.39 Å². The Morgan fingerprint density at radius 3 is 2.82 bits per heavy atom. The highest BCUT2D eigenvalue weighted by Crippen LogP contribution is 2.13. The number of allylic oxidation sites excluding steroid dienone is 5. The van der Waals surface area contributed by atoms with Gasteiger partial charge in [0, 0.05) is 18.8 Å². The van der Waals surface area contributed by atoms with Crippen molar-refractivity contribution in [1.29, 1.82) is 0 Å². The van der Waals surface area contributed by atoms with Crippen LogP contribution in [-0.4, -0.2) is 12.8 Å². The zero-order valence-corrected chi connectivity index (χ0v) is 6.21. The van der Waals surface area contributed by atoms with E-state index in [1.54, 1.807) is 13.1 Å². The molecule has 1 aliphatic rings. The molecule has 1 rings (SSSR count). The standard InChI is InChI=1S/C8H9FN2/c1-11-8-3-2-7(9)4-6(8)5-10/h2-5H,10H2,1H3/b6-5-,11-8-. The molecule has 0 radical (unpaired) electrons. The lowest BCUT2D eigenvalue weighted by atomic mass is 10.1. The number of nitrogens with two attached hydrogens (primary N) is 1. The summed E-state index contributed by atoms with van der Waals surface area (Å²) in [5, 5.41) is 0. The number of aliphatic imine (C=N–C) groups is 1. The Balaban J connectivity index is 3.03. The molecule has 2 nitrogen and oxygen atoms in total. The van der Waals surface area contributed by atoms with E-state index in [4.69, 9.17) is 5.73 Å². The number of hydrogen-bond acceptors (Lipinski definition) is 2. The summed E-state index contributed by atoms with van der Waals surface area (Å²) in [4.78, 5) is 3.90. The lowest BCUT2D eigenvalue weighted by Crippen LogP contribution is -2.03. The smallest absolute Gasteiger partial charge is 0.124 e. The molecule has 2 N–H and O–H groups in total. The van der Waals surface area contributed by atoms with Crippen LogP contribution in [0.25, 0.3) is 0 Å². The van der Waals surface area contributed by atoms with Gasteiger partial charge >= 0.3 is 0 Å². The third-order valence-corrected chi connectivity index (χ3v) is 1.41. The van der Waals surface area contributed by atoms with Crippen LogP contribution >= 0.6 is 0 Å². The van der Waals surface area contributed by atoms with Gasteiger partial charge in [-0.15, -0.1) is 0 Å². The van der Waals surface area contributed by atoms with Gasteiger partial charge in [0.1, 0.15) is 5.83 Å². The summed E-state index contributed by atoms with van der Waals surface area (Å²) in [5.74, 6) is -0.297. The molecule has 0 heterocycles. The molecule has 0 aromatic heterocycles. The quantitative estimate of drug-likeness (QED) is 0.558. The van der Waals surface area contributed by atoms with Crippen molar-refractivity contribution in [2.45, 2.75) is 0 Å². The van der Waals surface area contributed by atoms with E-state index in [0.717, 1.165) is 0 Å². The number of rotatable bonds is 0. The van der Waals surface area contributed by atoms with Crippen LogP contribution in [0.1, 0.15) is 0 Å². The maximum atomic E-state index is 12.6. The second-order valence-corrected chi connectivity index (χ2v) is 2.09. The maximum absolute atomic E-state index is 12.6. The highest BCUT2D eigenvalue weighted by Gasteiger charge is 2.05. The first-order valence-corrected chi connectivity index (χ1v) is 3.22. The summed E-state index contributed by atoms with van der Waals surface area (Å²) in [6, 6.07) is 0. The molecule has 0 atom stereocenters. The van der Waals surface area contributed by atoms with Crippen LogP contribution in [0.5, 0.6) is 0 Å². The Morgan fingerprint density at radius 1 is 1.55 bits per heavy atom. The molecule has 0 saturated heterocycles. The van der Waals surface area contributed by atoms with E-state index >= 15 is 0 Å². The van der Waals surface area contributed by atoms with Crippen molar-refractivity contribution >= 4 is 5.71 Å². The predicted octanol–water partition coefficient (Wildman–Crippen LogP) is 1.32. The van der Waals surface area contributed by atoms with Crippen molar-refractivity contribution in [2.24, 2.45) is 10.7 Å². The molecule has 11 heavy (non-hydrogen) atoms. The lowest BCUT2D eigenvalue weighted by Gasteiger charge is -2.04. The molecule has 1 aliphatic carbocycles. The lowest BCUT2D eigenvalue weighted by molar-refractivity contribution is 0.666. The third-order valence-electron chi connectivity index (χ3n) is 1.41. The molecule has 0 fully saturated rings. The summed E-state index contributed by atoms with van der Waals surface area (Å²) >= 11 is 0. The fraction of sp³-hybridized carbons (Fsp3) is 0.125. The summed E-state index contributed by atoms with van der Waals surface area (Å²) in [6.07, 6.45) is 5.64. The van der Waals surface area contributed by atoms with Crippen LogP contribution in [0, 0.1) is 0 Å². The fourth-order valence-corrected chi connectivity index (χ4v) is 0.863. The minimum Gasteiger partial charge on any atom is -0.404 e. The van der Waals surface area contributed by atoms with Gasteiger partial charge < -0.3 is 5.73 Å². The van der Waals surface area contributed by atoms with Crippen molar-refractivity contribution in [2.75, 3.05) is 7.05 Å². The molecular formula is C8H9FN2. The molecule has 3 heteroatoms.